The Hall–Kier alpha value is -2.25. The lowest BCUT2D eigenvalue weighted by molar-refractivity contribution is -0.274. The number of hydrogen-bond donors (Lipinski definition) is 1. The Labute approximate surface area is 148 Å². The van der Waals surface area contributed by atoms with Crippen LogP contribution in [0.4, 0.5) is 18.9 Å². The lowest BCUT2D eigenvalue weighted by atomic mass is 10.2. The Bertz CT molecular complexity index is 703. The number of nitrogens with zero attached hydrogens (tertiary/aromatic N) is 1. The minimum absolute atomic E-state index is 0.128. The van der Waals surface area contributed by atoms with Crippen molar-refractivity contribution in [1.29, 1.82) is 0 Å². The molecule has 0 fully saturated rings. The molecule has 0 aliphatic rings. The highest BCUT2D eigenvalue weighted by Crippen LogP contribution is 2.23. The maximum Gasteiger partial charge on any atom is 0.573 e. The fourth-order valence-electron chi connectivity index (χ4n) is 2.14. The second-order valence-electron chi connectivity index (χ2n) is 5.42. The second-order valence-corrected chi connectivity index (χ2v) is 5.86. The number of benzene rings is 2. The first-order valence-electron chi connectivity index (χ1n) is 7.30. The van der Waals surface area contributed by atoms with Crippen molar-refractivity contribution in [3.8, 4) is 5.75 Å². The van der Waals surface area contributed by atoms with Gasteiger partial charge in [-0.2, -0.15) is 0 Å². The Morgan fingerprint density at radius 3 is 2.28 bits per heavy atom. The fourth-order valence-corrected chi connectivity index (χ4v) is 2.27. The number of nitrogens with one attached hydrogen (secondary N) is 1. The molecule has 2 aromatic carbocycles. The molecule has 0 bridgehead atoms. The van der Waals surface area contributed by atoms with Crippen molar-refractivity contribution >= 4 is 23.2 Å². The topological polar surface area (TPSA) is 41.6 Å². The molecule has 0 radical (unpaired) electrons. The summed E-state index contributed by atoms with van der Waals surface area (Å²) in [5.41, 5.74) is 1.40. The molecule has 0 heterocycles. The minimum Gasteiger partial charge on any atom is -0.406 e. The van der Waals surface area contributed by atoms with E-state index in [-0.39, 0.29) is 18.2 Å². The number of amides is 1. The first kappa shape index (κ1) is 19.1. The van der Waals surface area contributed by atoms with Crippen LogP contribution in [0.3, 0.4) is 0 Å². The van der Waals surface area contributed by atoms with E-state index in [1.54, 1.807) is 24.1 Å². The third-order valence-electron chi connectivity index (χ3n) is 3.15. The van der Waals surface area contributed by atoms with E-state index < -0.39 is 6.36 Å². The third kappa shape index (κ3) is 7.03. The predicted molar refractivity (Wildman–Crippen MR) is 89.5 cm³/mol. The van der Waals surface area contributed by atoms with Crippen LogP contribution in [-0.2, 0) is 11.3 Å². The molecule has 1 N–H and O–H groups in total. The van der Waals surface area contributed by atoms with Crippen molar-refractivity contribution in [2.24, 2.45) is 0 Å². The van der Waals surface area contributed by atoms with Crippen LogP contribution in [0.5, 0.6) is 5.75 Å². The zero-order chi connectivity index (χ0) is 18.4. The largest absolute Gasteiger partial charge is 0.573 e. The number of hydrogen-bond acceptors (Lipinski definition) is 3. The van der Waals surface area contributed by atoms with Gasteiger partial charge in [0, 0.05) is 17.3 Å². The molecule has 2 aromatic rings. The average Bonchev–Trinajstić information content (AvgIpc) is 2.50. The Morgan fingerprint density at radius 1 is 1.12 bits per heavy atom. The molecule has 0 saturated heterocycles. The summed E-state index contributed by atoms with van der Waals surface area (Å²) in [4.78, 5) is 13.8. The van der Waals surface area contributed by atoms with E-state index in [1.165, 1.54) is 12.1 Å². The van der Waals surface area contributed by atoms with Gasteiger partial charge in [0.25, 0.3) is 0 Å². The fraction of sp³-hybridized carbons (Fsp3) is 0.235. The van der Waals surface area contributed by atoms with Crippen LogP contribution in [0.2, 0.25) is 5.02 Å². The lowest BCUT2D eigenvalue weighted by Gasteiger charge is -2.16. The van der Waals surface area contributed by atoms with Gasteiger partial charge >= 0.3 is 6.36 Å². The summed E-state index contributed by atoms with van der Waals surface area (Å²) in [6.45, 7) is 0.687. The maximum atomic E-state index is 12.1. The van der Waals surface area contributed by atoms with Crippen LogP contribution in [-0.4, -0.2) is 30.8 Å². The zero-order valence-electron chi connectivity index (χ0n) is 13.3. The molecule has 8 heteroatoms. The van der Waals surface area contributed by atoms with E-state index in [0.717, 1.165) is 17.7 Å². The number of carbonyl (C=O) groups excluding carboxylic acids is 1. The second kappa shape index (κ2) is 8.22. The predicted octanol–water partition coefficient (Wildman–Crippen LogP) is 4.31. The maximum absolute atomic E-state index is 12.1. The number of alkyl halides is 3. The number of halogens is 4. The lowest BCUT2D eigenvalue weighted by Crippen LogP contribution is -2.29. The minimum atomic E-state index is -4.74. The molecule has 0 saturated carbocycles. The van der Waals surface area contributed by atoms with Crippen molar-refractivity contribution in [3.63, 3.8) is 0 Å². The summed E-state index contributed by atoms with van der Waals surface area (Å²) >= 11 is 5.82. The van der Waals surface area contributed by atoms with Crippen molar-refractivity contribution in [1.82, 2.24) is 4.90 Å². The highest BCUT2D eigenvalue weighted by Gasteiger charge is 2.30. The highest BCUT2D eigenvalue weighted by molar-refractivity contribution is 6.30. The van der Waals surface area contributed by atoms with E-state index in [9.17, 15) is 18.0 Å². The summed E-state index contributed by atoms with van der Waals surface area (Å²) in [5.74, 6) is -0.619. The van der Waals surface area contributed by atoms with Gasteiger partial charge in [0.2, 0.25) is 5.91 Å². The van der Waals surface area contributed by atoms with E-state index >= 15 is 0 Å². The van der Waals surface area contributed by atoms with E-state index in [4.69, 9.17) is 11.6 Å². The molecule has 0 aliphatic carbocycles. The SMILES string of the molecule is CN(CC(=O)Nc1ccc(OC(F)(F)F)cc1)Cc1ccc(Cl)cc1. The molecule has 0 aliphatic heterocycles. The molecule has 134 valence electrons. The Kier molecular flexibility index (Phi) is 6.27. The molecule has 0 unspecified atom stereocenters. The van der Waals surface area contributed by atoms with Gasteiger partial charge in [-0.15, -0.1) is 13.2 Å². The molecular weight excluding hydrogens is 357 g/mol. The van der Waals surface area contributed by atoms with Gasteiger partial charge in [0.15, 0.2) is 0 Å². The molecule has 25 heavy (non-hydrogen) atoms. The number of likely N-dealkylation sites (N-methyl/N-ethyl adjacent to an activating group) is 1. The normalized spacial score (nSPS) is 11.4. The standard InChI is InChI=1S/C17H16ClF3N2O2/c1-23(10-12-2-4-13(18)5-3-12)11-16(24)22-14-6-8-15(9-7-14)25-17(19,20)21/h2-9H,10-11H2,1H3,(H,22,24). The van der Waals surface area contributed by atoms with Crippen LogP contribution in [0.25, 0.3) is 0 Å². The van der Waals surface area contributed by atoms with Crippen molar-refractivity contribution in [3.05, 3.63) is 59.1 Å². The van der Waals surface area contributed by atoms with Gasteiger partial charge in [-0.3, -0.25) is 9.69 Å². The van der Waals surface area contributed by atoms with Gasteiger partial charge in [0.1, 0.15) is 5.75 Å². The zero-order valence-corrected chi connectivity index (χ0v) is 14.1. The molecule has 0 aromatic heterocycles. The number of ether oxygens (including phenoxy) is 1. The highest BCUT2D eigenvalue weighted by atomic mass is 35.5. The first-order valence-corrected chi connectivity index (χ1v) is 7.68. The summed E-state index contributed by atoms with van der Waals surface area (Å²) < 4.78 is 40.0. The van der Waals surface area contributed by atoms with E-state index in [1.807, 2.05) is 12.1 Å². The van der Waals surface area contributed by atoms with Gasteiger partial charge in [-0.25, -0.2) is 0 Å². The van der Waals surface area contributed by atoms with E-state index in [2.05, 4.69) is 10.1 Å². The Balaban J connectivity index is 1.83. The summed E-state index contributed by atoms with van der Waals surface area (Å²) in [6.07, 6.45) is -4.74. The average molecular weight is 373 g/mol. The number of rotatable bonds is 6. The van der Waals surface area contributed by atoms with Crippen LogP contribution < -0.4 is 10.1 Å². The van der Waals surface area contributed by atoms with Crippen molar-refractivity contribution in [2.45, 2.75) is 12.9 Å². The number of carbonyl (C=O) groups is 1. The molecule has 0 spiro atoms. The van der Waals surface area contributed by atoms with Gasteiger partial charge in [0.05, 0.1) is 6.54 Å². The molecule has 4 nitrogen and oxygen atoms in total. The third-order valence-corrected chi connectivity index (χ3v) is 3.40. The van der Waals surface area contributed by atoms with Crippen LogP contribution in [0.1, 0.15) is 5.56 Å². The molecular formula is C17H16ClF3N2O2. The summed E-state index contributed by atoms with van der Waals surface area (Å²) in [5, 5.41) is 3.26. The molecule has 0 atom stereocenters. The van der Waals surface area contributed by atoms with Gasteiger partial charge in [-0.05, 0) is 49.0 Å². The van der Waals surface area contributed by atoms with Crippen LogP contribution in [0, 0.1) is 0 Å². The van der Waals surface area contributed by atoms with Gasteiger partial charge < -0.3 is 10.1 Å². The summed E-state index contributed by atoms with van der Waals surface area (Å²) in [7, 11) is 1.79. The van der Waals surface area contributed by atoms with Gasteiger partial charge in [-0.1, -0.05) is 23.7 Å². The smallest absolute Gasteiger partial charge is 0.406 e. The number of anilines is 1. The quantitative estimate of drug-likeness (QED) is 0.821. The monoisotopic (exact) mass is 372 g/mol. The van der Waals surface area contributed by atoms with Crippen LogP contribution in [0.15, 0.2) is 48.5 Å². The van der Waals surface area contributed by atoms with E-state index in [0.29, 0.717) is 17.3 Å². The molecule has 1 amide bonds. The van der Waals surface area contributed by atoms with Crippen molar-refractivity contribution in [2.75, 3.05) is 18.9 Å². The Morgan fingerprint density at radius 2 is 1.72 bits per heavy atom. The first-order chi connectivity index (χ1) is 11.7. The van der Waals surface area contributed by atoms with Crippen molar-refractivity contribution < 1.29 is 22.7 Å². The molecule has 2 rings (SSSR count). The van der Waals surface area contributed by atoms with Crippen LogP contribution >= 0.6 is 11.6 Å². The summed E-state index contributed by atoms with van der Waals surface area (Å²) in [6, 6.07) is 12.3.